The van der Waals surface area contributed by atoms with Gasteiger partial charge >= 0.3 is 0 Å². The van der Waals surface area contributed by atoms with Crippen molar-refractivity contribution in [3.63, 3.8) is 0 Å². The Bertz CT molecular complexity index is 1460. The molecule has 1 fully saturated rings. The fourth-order valence-corrected chi connectivity index (χ4v) is 3.48. The molecule has 0 saturated carbocycles. The smallest absolute Gasteiger partial charge is 0.267 e. The van der Waals surface area contributed by atoms with Crippen LogP contribution < -0.4 is 29.6 Å². The Balaban J connectivity index is 1.51. The van der Waals surface area contributed by atoms with Gasteiger partial charge < -0.3 is 34.5 Å². The van der Waals surface area contributed by atoms with E-state index in [9.17, 15) is 4.79 Å². The number of rotatable bonds is 5. The normalized spacial score (nSPS) is 25.9. The Hall–Kier alpha value is -3.95. The monoisotopic (exact) mass is 458 g/mol. The van der Waals surface area contributed by atoms with Crippen LogP contribution in [0, 0.1) is 0 Å². The summed E-state index contributed by atoms with van der Waals surface area (Å²) in [4.78, 5) is 23.4. The highest BCUT2D eigenvalue weighted by Gasteiger charge is 2.33. The molecule has 0 radical (unpaired) electrons. The van der Waals surface area contributed by atoms with E-state index in [-0.39, 0.29) is 39.7 Å². The number of para-hydroxylation sites is 2. The number of nitrogens with two attached hydrogens (primary N) is 1. The average Bonchev–Trinajstić information content (AvgIpc) is 2.89. The standard InChI is InChI=1S/C23H25N5O5/c1-30-18-11-14-15(12-19(18)31-2)25-23(26-21(14)24)28-9-7-27(8-10-28)22(29)20-13-32-16-5-3-4-6-17(16)33-20/h3-6,11-12,20H,7-10,13H2,1-2H3,(H2,24,25,26)/i9D2,10D2,20D/hD2. The van der Waals surface area contributed by atoms with Gasteiger partial charge in [-0.15, -0.1) is 0 Å². The molecule has 3 aromatic rings. The highest BCUT2D eigenvalue weighted by molar-refractivity contribution is 5.91. The van der Waals surface area contributed by atoms with Gasteiger partial charge in [0.2, 0.25) is 12.0 Å². The summed E-state index contributed by atoms with van der Waals surface area (Å²) in [5.74, 6) is -0.615. The molecule has 10 heteroatoms. The molecule has 5 rings (SSSR count). The van der Waals surface area contributed by atoms with Crippen LogP contribution in [0.4, 0.5) is 11.8 Å². The molecule has 2 N–H and O–H groups in total. The van der Waals surface area contributed by atoms with Gasteiger partial charge in [-0.2, -0.15) is 4.98 Å². The predicted octanol–water partition coefficient (Wildman–Crippen LogP) is 1.72. The van der Waals surface area contributed by atoms with E-state index in [1.165, 1.54) is 32.4 Å². The zero-order chi connectivity index (χ0) is 29.0. The lowest BCUT2D eigenvalue weighted by Crippen LogP contribution is -2.54. The van der Waals surface area contributed by atoms with Gasteiger partial charge in [-0.3, -0.25) is 4.79 Å². The van der Waals surface area contributed by atoms with Crippen LogP contribution in [0.1, 0.15) is 6.85 Å². The summed E-state index contributed by atoms with van der Waals surface area (Å²) in [7, 11) is 2.81. The number of hydrogen-bond donors (Lipinski definition) is 1. The summed E-state index contributed by atoms with van der Waals surface area (Å²) in [6.07, 6.45) is -2.26. The minimum atomic E-state index is -2.59. The quantitative estimate of drug-likeness (QED) is 0.611. The molecule has 33 heavy (non-hydrogen) atoms. The number of nitrogen functional groups attached to an aromatic ring is 1. The van der Waals surface area contributed by atoms with Crippen LogP contribution in [0.25, 0.3) is 10.9 Å². The number of hydrogen-bond acceptors (Lipinski definition) is 9. The molecule has 1 aromatic heterocycles. The third-order valence-electron chi connectivity index (χ3n) is 5.18. The topological polar surface area (TPSA) is 112 Å². The number of fused-ring (bicyclic) bond motifs is 2. The lowest BCUT2D eigenvalue weighted by atomic mass is 10.2. The number of benzene rings is 2. The summed E-state index contributed by atoms with van der Waals surface area (Å²) in [6, 6.07) is 9.40. The fourth-order valence-electron chi connectivity index (χ4n) is 3.48. The van der Waals surface area contributed by atoms with Crippen molar-refractivity contribution in [3.05, 3.63) is 36.4 Å². The highest BCUT2D eigenvalue weighted by atomic mass is 16.6. The number of methoxy groups -OCH3 is 2. The highest BCUT2D eigenvalue weighted by Crippen LogP contribution is 2.34. The van der Waals surface area contributed by atoms with Gasteiger partial charge in [-0.05, 0) is 18.2 Å². The van der Waals surface area contributed by atoms with Crippen molar-refractivity contribution in [2.45, 2.75) is 6.08 Å². The van der Waals surface area contributed by atoms with Crippen molar-refractivity contribution >= 4 is 28.6 Å². The first kappa shape index (κ1) is 14.2. The number of carbonyl (C=O) groups is 1. The van der Waals surface area contributed by atoms with Crippen LogP contribution in [0.15, 0.2) is 36.4 Å². The molecular weight excluding hydrogens is 426 g/mol. The number of aromatic nitrogens is 2. The molecule has 3 heterocycles. The third-order valence-corrected chi connectivity index (χ3v) is 5.18. The van der Waals surface area contributed by atoms with Crippen molar-refractivity contribution < 1.29 is 33.4 Å². The molecule has 1 unspecified atom stereocenters. The van der Waals surface area contributed by atoms with Crippen LogP contribution >= 0.6 is 0 Å². The molecule has 2 aromatic carbocycles. The summed E-state index contributed by atoms with van der Waals surface area (Å²) in [5, 5.41) is 0.215. The zero-order valence-corrected chi connectivity index (χ0v) is 17.9. The van der Waals surface area contributed by atoms with Gasteiger partial charge in [0, 0.05) is 37.5 Å². The molecule has 1 saturated heterocycles. The molecule has 1 atom stereocenters. The van der Waals surface area contributed by atoms with Gasteiger partial charge in [0.05, 0.1) is 26.6 Å². The molecule has 2 aliphatic rings. The van der Waals surface area contributed by atoms with Crippen molar-refractivity contribution in [2.75, 3.05) is 57.5 Å². The van der Waals surface area contributed by atoms with Crippen LogP contribution in [-0.4, -0.2) is 73.8 Å². The first-order valence-electron chi connectivity index (χ1n) is 13.4. The average molecular weight is 459 g/mol. The van der Waals surface area contributed by atoms with E-state index in [0.717, 1.165) is 4.90 Å². The number of piperazine rings is 1. The number of amides is 1. The summed E-state index contributed by atoms with van der Waals surface area (Å²) in [6.45, 7) is -6.97. The number of nitrogens with zero attached hydrogens (tertiary/aromatic N) is 4. The molecule has 0 aliphatic carbocycles. The predicted molar refractivity (Wildman–Crippen MR) is 122 cm³/mol. The van der Waals surface area contributed by atoms with Crippen LogP contribution in [0.3, 0.4) is 0 Å². The lowest BCUT2D eigenvalue weighted by molar-refractivity contribution is -0.141. The van der Waals surface area contributed by atoms with E-state index in [1.807, 2.05) is 0 Å². The van der Waals surface area contributed by atoms with Gasteiger partial charge in [0.25, 0.3) is 5.91 Å². The van der Waals surface area contributed by atoms with Gasteiger partial charge in [0.15, 0.2) is 25.8 Å². The van der Waals surface area contributed by atoms with E-state index in [2.05, 4.69) is 9.97 Å². The van der Waals surface area contributed by atoms with Crippen LogP contribution in [-0.2, 0) is 4.79 Å². The van der Waals surface area contributed by atoms with E-state index in [4.69, 9.17) is 28.6 Å². The molecule has 1 amide bonds. The zero-order valence-electron chi connectivity index (χ0n) is 24.9. The maximum atomic E-state index is 13.4. The first-order valence-corrected chi connectivity index (χ1v) is 10.0. The van der Waals surface area contributed by atoms with Crippen molar-refractivity contribution in [3.8, 4) is 23.0 Å². The molecule has 10 nitrogen and oxygen atoms in total. The third kappa shape index (κ3) is 3.88. The minimum Gasteiger partial charge on any atom is -0.493 e. The Morgan fingerprint density at radius 3 is 2.64 bits per heavy atom. The van der Waals surface area contributed by atoms with Gasteiger partial charge in [-0.25, -0.2) is 4.98 Å². The van der Waals surface area contributed by atoms with E-state index in [1.54, 1.807) is 18.2 Å². The summed E-state index contributed by atoms with van der Waals surface area (Å²) >= 11 is 0. The molecule has 0 bridgehead atoms. The van der Waals surface area contributed by atoms with Crippen LogP contribution in [0.5, 0.6) is 23.0 Å². The van der Waals surface area contributed by atoms with E-state index in [0.29, 0.717) is 10.6 Å². The Morgan fingerprint density at radius 2 is 1.91 bits per heavy atom. The Kier molecular flexibility index (Phi) is 3.68. The second-order valence-corrected chi connectivity index (χ2v) is 7.15. The fraction of sp³-hybridized carbons (Fsp3) is 0.348. The maximum absolute atomic E-state index is 13.4. The van der Waals surface area contributed by atoms with Crippen LogP contribution in [0.2, 0.25) is 2.82 Å². The number of anilines is 2. The molecule has 0 spiro atoms. The van der Waals surface area contributed by atoms with Crippen molar-refractivity contribution in [2.24, 2.45) is 0 Å². The van der Waals surface area contributed by atoms with E-state index >= 15 is 0 Å². The Labute approximate surface area is 200 Å². The first-order chi connectivity index (χ1) is 18.8. The Morgan fingerprint density at radius 1 is 1.18 bits per heavy atom. The molecule has 172 valence electrons. The van der Waals surface area contributed by atoms with Gasteiger partial charge in [-0.1, -0.05) is 12.1 Å². The molecule has 2 aliphatic heterocycles. The number of carbonyl (C=O) groups excluding carboxylic acids is 1. The number of ether oxygens (including phenoxy) is 4. The molecular formula is C23H25N5O5. The summed E-state index contributed by atoms with van der Waals surface area (Å²) in [5.41, 5.74) is 0.343. The van der Waals surface area contributed by atoms with E-state index < -0.39 is 50.6 Å². The second-order valence-electron chi connectivity index (χ2n) is 7.15. The minimum absolute atomic E-state index is 0.142. The second kappa shape index (κ2) is 8.53. The lowest BCUT2D eigenvalue weighted by Gasteiger charge is -2.37. The SMILES string of the molecule is [2H]N([2H])c1nc(N2C([2H])([2H])CN(C(=O)C3([2H])COc4ccccc4O3)CC2([2H])[2H])nc2cc(OC)c(OC)cc12. The maximum Gasteiger partial charge on any atom is 0.267 e. The van der Waals surface area contributed by atoms with Crippen molar-refractivity contribution in [1.29, 1.82) is 0 Å². The largest absolute Gasteiger partial charge is 0.493 e. The van der Waals surface area contributed by atoms with Gasteiger partial charge in [0.1, 0.15) is 12.4 Å². The van der Waals surface area contributed by atoms with Crippen molar-refractivity contribution in [1.82, 2.24) is 14.9 Å². The summed E-state index contributed by atoms with van der Waals surface area (Å²) < 4.78 is 80.9.